The minimum absolute atomic E-state index is 0.339. The molecule has 0 saturated heterocycles. The Hall–Kier alpha value is -0.100. The van der Waals surface area contributed by atoms with Crippen LogP contribution < -0.4 is 5.32 Å². The molecule has 0 aliphatic carbocycles. The van der Waals surface area contributed by atoms with Gasteiger partial charge >= 0.3 is 0 Å². The highest BCUT2D eigenvalue weighted by atomic mass is 79.9. The minimum Gasteiger partial charge on any atom is -0.380 e. The van der Waals surface area contributed by atoms with Gasteiger partial charge in [0.15, 0.2) is 0 Å². The molecule has 1 aromatic carbocycles. The molecule has 1 heterocycles. The Labute approximate surface area is 124 Å². The lowest BCUT2D eigenvalue weighted by molar-refractivity contribution is 0.628. The SMILES string of the molecule is Fc1cc(Cl)cc(NCc2cc(Br)c(Br)s2)c1. The van der Waals surface area contributed by atoms with Crippen LogP contribution in [0.5, 0.6) is 0 Å². The molecule has 2 rings (SSSR count). The van der Waals surface area contributed by atoms with Crippen LogP contribution in [0.2, 0.25) is 5.02 Å². The van der Waals surface area contributed by atoms with Crippen molar-refractivity contribution >= 4 is 60.5 Å². The second-order valence-corrected chi connectivity index (χ2v) is 7.09. The van der Waals surface area contributed by atoms with Crippen LogP contribution in [-0.2, 0) is 6.54 Å². The first-order valence-corrected chi connectivity index (χ1v) is 7.46. The summed E-state index contributed by atoms with van der Waals surface area (Å²) in [6, 6.07) is 6.42. The predicted octanol–water partition coefficient (Wildman–Crippen LogP) is 5.68. The molecule has 1 nitrogen and oxygen atoms in total. The number of hydrogen-bond donors (Lipinski definition) is 1. The molecule has 17 heavy (non-hydrogen) atoms. The van der Waals surface area contributed by atoms with E-state index in [2.05, 4.69) is 37.2 Å². The van der Waals surface area contributed by atoms with Gasteiger partial charge in [-0.1, -0.05) is 11.6 Å². The van der Waals surface area contributed by atoms with Gasteiger partial charge < -0.3 is 5.32 Å². The van der Waals surface area contributed by atoms with Crippen LogP contribution >= 0.6 is 54.8 Å². The van der Waals surface area contributed by atoms with E-state index in [1.54, 1.807) is 17.4 Å². The maximum Gasteiger partial charge on any atom is 0.126 e. The third-order valence-corrected chi connectivity index (χ3v) is 5.50. The van der Waals surface area contributed by atoms with Crippen LogP contribution in [0, 0.1) is 5.82 Å². The smallest absolute Gasteiger partial charge is 0.126 e. The fraction of sp³-hybridized carbons (Fsp3) is 0.0909. The maximum atomic E-state index is 13.1. The minimum atomic E-state index is -0.339. The number of thiophene rings is 1. The van der Waals surface area contributed by atoms with Gasteiger partial charge in [0.2, 0.25) is 0 Å². The van der Waals surface area contributed by atoms with Crippen molar-refractivity contribution in [1.29, 1.82) is 0 Å². The van der Waals surface area contributed by atoms with Crippen molar-refractivity contribution < 1.29 is 4.39 Å². The first-order chi connectivity index (χ1) is 8.04. The Morgan fingerprint density at radius 1 is 1.24 bits per heavy atom. The van der Waals surface area contributed by atoms with Crippen LogP contribution in [0.4, 0.5) is 10.1 Å². The Balaban J connectivity index is 2.07. The maximum absolute atomic E-state index is 13.1. The van der Waals surface area contributed by atoms with E-state index in [0.29, 0.717) is 17.3 Å². The molecule has 0 atom stereocenters. The van der Waals surface area contributed by atoms with Crippen molar-refractivity contribution in [1.82, 2.24) is 0 Å². The number of halogens is 4. The molecular formula is C11H7Br2ClFNS. The molecule has 1 N–H and O–H groups in total. The van der Waals surface area contributed by atoms with Crippen molar-refractivity contribution in [2.75, 3.05) is 5.32 Å². The lowest BCUT2D eigenvalue weighted by Crippen LogP contribution is -1.97. The lowest BCUT2D eigenvalue weighted by atomic mass is 10.3. The highest BCUT2D eigenvalue weighted by Gasteiger charge is 2.04. The average molecular weight is 400 g/mol. The van der Waals surface area contributed by atoms with Gasteiger partial charge in [-0.2, -0.15) is 0 Å². The summed E-state index contributed by atoms with van der Waals surface area (Å²) < 4.78 is 15.2. The van der Waals surface area contributed by atoms with Crippen molar-refractivity contribution in [3.63, 3.8) is 0 Å². The van der Waals surface area contributed by atoms with E-state index in [4.69, 9.17) is 11.6 Å². The lowest BCUT2D eigenvalue weighted by Gasteiger charge is -2.05. The first kappa shape index (κ1) is 13.3. The molecule has 6 heteroatoms. The summed E-state index contributed by atoms with van der Waals surface area (Å²) in [6.45, 7) is 0.634. The average Bonchev–Trinajstić information content (AvgIpc) is 2.54. The van der Waals surface area contributed by atoms with Crippen molar-refractivity contribution in [3.8, 4) is 0 Å². The first-order valence-electron chi connectivity index (χ1n) is 4.68. The third kappa shape index (κ3) is 3.68. The molecule has 2 aromatic rings. The summed E-state index contributed by atoms with van der Waals surface area (Å²) in [6.07, 6.45) is 0. The molecule has 0 amide bonds. The number of hydrogen-bond acceptors (Lipinski definition) is 2. The summed E-state index contributed by atoms with van der Waals surface area (Å²) in [5, 5.41) is 3.52. The van der Waals surface area contributed by atoms with Crippen LogP contribution in [0.3, 0.4) is 0 Å². The van der Waals surface area contributed by atoms with E-state index in [-0.39, 0.29) is 5.82 Å². The molecule has 0 unspecified atom stereocenters. The molecule has 0 aliphatic rings. The zero-order valence-corrected chi connectivity index (χ0v) is 13.2. The van der Waals surface area contributed by atoms with Gasteiger partial charge in [0.1, 0.15) is 5.82 Å². The Kier molecular flexibility index (Phi) is 4.47. The van der Waals surface area contributed by atoms with Crippen LogP contribution in [0.25, 0.3) is 0 Å². The Morgan fingerprint density at radius 2 is 2.00 bits per heavy atom. The summed E-state index contributed by atoms with van der Waals surface area (Å²) in [5.74, 6) is -0.339. The highest BCUT2D eigenvalue weighted by molar-refractivity contribution is 9.13. The Morgan fingerprint density at radius 3 is 2.59 bits per heavy atom. The van der Waals surface area contributed by atoms with Gasteiger partial charge in [0.25, 0.3) is 0 Å². The zero-order valence-electron chi connectivity index (χ0n) is 8.44. The van der Waals surface area contributed by atoms with E-state index in [1.165, 1.54) is 12.1 Å². The molecular weight excluding hydrogens is 392 g/mol. The van der Waals surface area contributed by atoms with Crippen molar-refractivity contribution in [2.45, 2.75) is 6.54 Å². The van der Waals surface area contributed by atoms with E-state index in [0.717, 1.165) is 13.1 Å². The molecule has 0 radical (unpaired) electrons. The topological polar surface area (TPSA) is 12.0 Å². The van der Waals surface area contributed by atoms with Gasteiger partial charge in [0.05, 0.1) is 3.79 Å². The number of anilines is 1. The van der Waals surface area contributed by atoms with Gasteiger partial charge in [-0.05, 0) is 56.1 Å². The monoisotopic (exact) mass is 397 g/mol. The molecule has 0 bridgehead atoms. The second kappa shape index (κ2) is 5.69. The largest absolute Gasteiger partial charge is 0.380 e. The van der Waals surface area contributed by atoms with E-state index in [1.807, 2.05) is 6.07 Å². The second-order valence-electron chi connectivity index (χ2n) is 3.35. The highest BCUT2D eigenvalue weighted by Crippen LogP contribution is 2.32. The van der Waals surface area contributed by atoms with Crippen LogP contribution in [-0.4, -0.2) is 0 Å². The normalized spacial score (nSPS) is 10.6. The number of benzene rings is 1. The van der Waals surface area contributed by atoms with Gasteiger partial charge in [0, 0.05) is 26.6 Å². The molecule has 0 saturated carbocycles. The van der Waals surface area contributed by atoms with Gasteiger partial charge in [-0.25, -0.2) is 4.39 Å². The summed E-state index contributed by atoms with van der Waals surface area (Å²) in [5.41, 5.74) is 0.677. The van der Waals surface area contributed by atoms with Gasteiger partial charge in [-0.3, -0.25) is 0 Å². The van der Waals surface area contributed by atoms with E-state index < -0.39 is 0 Å². The quantitative estimate of drug-likeness (QED) is 0.700. The third-order valence-electron chi connectivity index (χ3n) is 2.03. The summed E-state index contributed by atoms with van der Waals surface area (Å²) in [7, 11) is 0. The van der Waals surface area contributed by atoms with Crippen LogP contribution in [0.15, 0.2) is 32.5 Å². The van der Waals surface area contributed by atoms with Gasteiger partial charge in [-0.15, -0.1) is 11.3 Å². The fourth-order valence-electron chi connectivity index (χ4n) is 1.32. The van der Waals surface area contributed by atoms with E-state index in [9.17, 15) is 4.39 Å². The van der Waals surface area contributed by atoms with Crippen molar-refractivity contribution in [2.24, 2.45) is 0 Å². The predicted molar refractivity (Wildman–Crippen MR) is 78.5 cm³/mol. The van der Waals surface area contributed by atoms with Crippen molar-refractivity contribution in [3.05, 3.63) is 48.2 Å². The zero-order chi connectivity index (χ0) is 12.4. The standard InChI is InChI=1S/C11H7Br2ClFNS/c12-10-4-9(17-11(10)13)5-16-8-2-6(14)1-7(15)3-8/h1-4,16H,5H2. The van der Waals surface area contributed by atoms with E-state index >= 15 is 0 Å². The molecule has 0 fully saturated rings. The molecule has 0 aliphatic heterocycles. The Bertz CT molecular complexity index is 505. The van der Waals surface area contributed by atoms with Crippen LogP contribution in [0.1, 0.15) is 4.88 Å². The summed E-state index contributed by atoms with van der Waals surface area (Å²) in [4.78, 5) is 1.14. The molecule has 1 aromatic heterocycles. The number of rotatable bonds is 3. The molecule has 0 spiro atoms. The summed E-state index contributed by atoms with van der Waals surface area (Å²) >= 11 is 14.2. The molecule has 90 valence electrons. The number of nitrogens with one attached hydrogen (secondary N) is 1. The fourth-order valence-corrected chi connectivity index (χ4v) is 3.66.